The lowest BCUT2D eigenvalue weighted by atomic mass is 9.93. The molecule has 19 nitrogen and oxygen atoms in total. The highest BCUT2D eigenvalue weighted by Crippen LogP contribution is 2.21. The molecule has 0 heterocycles. The maximum Gasteiger partial charge on any atom is 0.407 e. The number of alkyl carbamates (subject to hydrolysis) is 4. The Kier molecular flexibility index (Phi) is 26.9. The number of esters is 1. The van der Waals surface area contributed by atoms with E-state index < -0.39 is 47.0 Å². The molecule has 0 aromatic carbocycles. The Morgan fingerprint density at radius 2 is 0.929 bits per heavy atom. The van der Waals surface area contributed by atoms with E-state index in [0.717, 1.165) is 45.2 Å². The molecular formula is C37H71N9O10. The molecule has 19 heteroatoms. The van der Waals surface area contributed by atoms with Gasteiger partial charge in [0.15, 0.2) is 0 Å². The second-order valence-corrected chi connectivity index (χ2v) is 15.9. The molecule has 0 aliphatic rings. The molecule has 0 fully saturated rings. The SMILES string of the molecule is CN(CCCNC(=O)OCC(C)(COC(=O)NCCCN(C)CCCNC(=O)OC(C)(C)C)C(=O)OCCCCCCN=[N+]=[N-])CCCNC(=O)OC(C)(C)C. The van der Waals surface area contributed by atoms with Gasteiger partial charge < -0.3 is 54.8 Å². The first-order chi connectivity index (χ1) is 26.3. The zero-order valence-electron chi connectivity index (χ0n) is 35.5. The summed E-state index contributed by atoms with van der Waals surface area (Å²) < 4.78 is 26.7. The van der Waals surface area contributed by atoms with Gasteiger partial charge in [-0.1, -0.05) is 18.0 Å². The number of ether oxygens (including phenoxy) is 5. The molecule has 4 N–H and O–H groups in total. The van der Waals surface area contributed by atoms with Crippen LogP contribution in [-0.2, 0) is 28.5 Å². The minimum absolute atomic E-state index is 0.128. The largest absolute Gasteiger partial charge is 0.465 e. The molecule has 324 valence electrons. The fourth-order valence-electron chi connectivity index (χ4n) is 4.74. The second-order valence-electron chi connectivity index (χ2n) is 15.9. The van der Waals surface area contributed by atoms with Crippen LogP contribution >= 0.6 is 0 Å². The van der Waals surface area contributed by atoms with E-state index in [2.05, 4.69) is 41.1 Å². The van der Waals surface area contributed by atoms with Crippen molar-refractivity contribution < 1.29 is 47.7 Å². The van der Waals surface area contributed by atoms with Crippen LogP contribution in [0.2, 0.25) is 0 Å². The first-order valence-electron chi connectivity index (χ1n) is 19.6. The van der Waals surface area contributed by atoms with Crippen molar-refractivity contribution in [3.8, 4) is 0 Å². The van der Waals surface area contributed by atoms with E-state index in [1.165, 1.54) is 6.92 Å². The molecule has 0 atom stereocenters. The summed E-state index contributed by atoms with van der Waals surface area (Å²) in [4.78, 5) is 68.7. The van der Waals surface area contributed by atoms with E-state index in [1.807, 2.05) is 14.1 Å². The number of hydrogen-bond acceptors (Lipinski definition) is 13. The Hall–Kier alpha value is -4.22. The van der Waals surface area contributed by atoms with Crippen LogP contribution in [0.25, 0.3) is 10.4 Å². The third kappa shape index (κ3) is 31.0. The fraction of sp³-hybridized carbons (Fsp3) is 0.865. The van der Waals surface area contributed by atoms with Gasteiger partial charge in [-0.2, -0.15) is 0 Å². The highest BCUT2D eigenvalue weighted by atomic mass is 16.6. The molecule has 4 amide bonds. The van der Waals surface area contributed by atoms with Crippen molar-refractivity contribution in [3.63, 3.8) is 0 Å². The number of rotatable bonds is 28. The summed E-state index contributed by atoms with van der Waals surface area (Å²) in [6.45, 7) is 16.6. The predicted molar refractivity (Wildman–Crippen MR) is 212 cm³/mol. The average Bonchev–Trinajstić information content (AvgIpc) is 3.10. The summed E-state index contributed by atoms with van der Waals surface area (Å²) in [6.07, 6.45) is 3.28. The van der Waals surface area contributed by atoms with Crippen molar-refractivity contribution in [1.82, 2.24) is 31.1 Å². The highest BCUT2D eigenvalue weighted by molar-refractivity contribution is 5.78. The highest BCUT2D eigenvalue weighted by Gasteiger charge is 2.38. The van der Waals surface area contributed by atoms with Crippen molar-refractivity contribution in [2.45, 2.75) is 111 Å². The van der Waals surface area contributed by atoms with Gasteiger partial charge in [0.25, 0.3) is 0 Å². The standard InChI is InChI=1S/C37H71N9O10/c1-35(2,3)55-33(50)41-20-16-25-45(8)23-14-18-39-31(48)53-28-37(7,30(47)52-27-13-11-10-12-22-43-44-38)29-54-32(49)40-19-15-24-46(9)26-17-21-42-34(51)56-36(4,5)6/h10-29H2,1-9H3,(H,39,48)(H,40,49)(H,41,50)(H,42,51). The van der Waals surface area contributed by atoms with Gasteiger partial charge in [0.1, 0.15) is 29.8 Å². The van der Waals surface area contributed by atoms with Crippen LogP contribution in [0.3, 0.4) is 0 Å². The molecule has 0 spiro atoms. The zero-order valence-corrected chi connectivity index (χ0v) is 35.5. The molecule has 0 aliphatic carbocycles. The van der Waals surface area contributed by atoms with Crippen LogP contribution in [0, 0.1) is 5.41 Å². The number of amides is 4. The first kappa shape index (κ1) is 51.8. The number of carbonyl (C=O) groups excluding carboxylic acids is 5. The van der Waals surface area contributed by atoms with Crippen LogP contribution in [0.15, 0.2) is 5.11 Å². The zero-order chi connectivity index (χ0) is 42.5. The number of nitrogens with zero attached hydrogens (tertiary/aromatic N) is 5. The summed E-state index contributed by atoms with van der Waals surface area (Å²) >= 11 is 0. The van der Waals surface area contributed by atoms with Gasteiger partial charge in [-0.3, -0.25) is 4.79 Å². The molecule has 0 aliphatic heterocycles. The topological polar surface area (TPSA) is 235 Å². The van der Waals surface area contributed by atoms with Crippen molar-refractivity contribution >= 4 is 30.3 Å². The minimum Gasteiger partial charge on any atom is -0.465 e. The van der Waals surface area contributed by atoms with Crippen LogP contribution < -0.4 is 21.3 Å². The van der Waals surface area contributed by atoms with Gasteiger partial charge in [0.2, 0.25) is 0 Å². The van der Waals surface area contributed by atoms with Crippen molar-refractivity contribution in [2.24, 2.45) is 10.5 Å². The second kappa shape index (κ2) is 29.1. The van der Waals surface area contributed by atoms with Crippen molar-refractivity contribution in [2.75, 3.05) is 92.8 Å². The molecular weight excluding hydrogens is 730 g/mol. The smallest absolute Gasteiger partial charge is 0.407 e. The van der Waals surface area contributed by atoms with E-state index in [1.54, 1.807) is 41.5 Å². The molecule has 0 aromatic heterocycles. The Bertz CT molecular complexity index is 1140. The third-order valence-corrected chi connectivity index (χ3v) is 7.73. The quantitative estimate of drug-likeness (QED) is 0.0196. The number of unbranched alkanes of at least 4 members (excludes halogenated alkanes) is 3. The number of hydrogen-bond donors (Lipinski definition) is 4. The Labute approximate surface area is 333 Å². The molecule has 0 radical (unpaired) electrons. The summed E-state index contributed by atoms with van der Waals surface area (Å²) in [5.74, 6) is -0.669. The Balaban J connectivity index is 4.71. The molecule has 0 unspecified atom stereocenters. The summed E-state index contributed by atoms with van der Waals surface area (Å²) in [6, 6.07) is 0. The van der Waals surface area contributed by atoms with E-state index in [-0.39, 0.29) is 19.8 Å². The van der Waals surface area contributed by atoms with Crippen LogP contribution in [0.1, 0.15) is 99.8 Å². The normalized spacial score (nSPS) is 11.6. The molecule has 0 rings (SSSR count). The molecule has 0 saturated heterocycles. The van der Waals surface area contributed by atoms with Crippen molar-refractivity contribution in [3.05, 3.63) is 10.4 Å². The Morgan fingerprint density at radius 3 is 1.30 bits per heavy atom. The lowest BCUT2D eigenvalue weighted by molar-refractivity contribution is -0.160. The third-order valence-electron chi connectivity index (χ3n) is 7.73. The maximum absolute atomic E-state index is 13.2. The van der Waals surface area contributed by atoms with Gasteiger partial charge in [-0.15, -0.1) is 0 Å². The Morgan fingerprint density at radius 1 is 0.554 bits per heavy atom. The maximum atomic E-state index is 13.2. The molecule has 0 bridgehead atoms. The first-order valence-corrected chi connectivity index (χ1v) is 19.6. The summed E-state index contributed by atoms with van der Waals surface area (Å²) in [5, 5.41) is 14.3. The van der Waals surface area contributed by atoms with Gasteiger partial charge >= 0.3 is 30.3 Å². The van der Waals surface area contributed by atoms with Gasteiger partial charge in [0.05, 0.1) is 6.61 Å². The van der Waals surface area contributed by atoms with Gasteiger partial charge in [0, 0.05) is 37.6 Å². The van der Waals surface area contributed by atoms with Crippen LogP contribution in [-0.4, -0.2) is 144 Å². The minimum atomic E-state index is -1.46. The fourth-order valence-corrected chi connectivity index (χ4v) is 4.74. The molecule has 56 heavy (non-hydrogen) atoms. The number of carbonyl (C=O) groups is 5. The van der Waals surface area contributed by atoms with E-state index in [0.29, 0.717) is 65.1 Å². The number of azide groups is 1. The van der Waals surface area contributed by atoms with E-state index in [9.17, 15) is 24.0 Å². The average molecular weight is 802 g/mol. The van der Waals surface area contributed by atoms with E-state index in [4.69, 9.17) is 29.2 Å². The van der Waals surface area contributed by atoms with Gasteiger partial charge in [-0.25, -0.2) is 19.2 Å². The summed E-state index contributed by atoms with van der Waals surface area (Å²) in [5.41, 5.74) is 5.82. The molecule has 0 saturated carbocycles. The lowest BCUT2D eigenvalue weighted by Crippen LogP contribution is -2.43. The monoisotopic (exact) mass is 802 g/mol. The predicted octanol–water partition coefficient (Wildman–Crippen LogP) is 5.33. The van der Waals surface area contributed by atoms with Crippen LogP contribution in [0.5, 0.6) is 0 Å². The van der Waals surface area contributed by atoms with E-state index >= 15 is 0 Å². The van der Waals surface area contributed by atoms with Crippen LogP contribution in [0.4, 0.5) is 19.2 Å². The molecule has 0 aromatic rings. The lowest BCUT2D eigenvalue weighted by Gasteiger charge is -2.26. The van der Waals surface area contributed by atoms with Crippen molar-refractivity contribution in [1.29, 1.82) is 0 Å². The van der Waals surface area contributed by atoms with Gasteiger partial charge in [-0.05, 0) is 133 Å². The number of nitrogens with one attached hydrogen (secondary N) is 4. The summed E-state index contributed by atoms with van der Waals surface area (Å²) in [7, 11) is 3.88.